The van der Waals surface area contributed by atoms with Crippen LogP contribution >= 0.6 is 0 Å². The third kappa shape index (κ3) is 13.4. The summed E-state index contributed by atoms with van der Waals surface area (Å²) in [6.07, 6.45) is 10.3. The number of amides is 2. The van der Waals surface area contributed by atoms with Crippen LogP contribution in [0.5, 0.6) is 0 Å². The Morgan fingerprint density at radius 1 is 0.576 bits per heavy atom. The summed E-state index contributed by atoms with van der Waals surface area (Å²) in [5, 5.41) is 15.1. The third-order valence-electron chi connectivity index (χ3n) is 11.1. The molecule has 2 amide bonds. The SMILES string of the molecule is COC(=O)CC1(CNC(=O)c2ccc(C#Cc3ccccc3F)cc2)CCCCC1.O=C(O)CC1(CNC(=O)c2ccc(C#Cc3ccccc3F)cc2)CCCCC1. The lowest BCUT2D eigenvalue weighted by Gasteiger charge is -2.36. The Morgan fingerprint density at radius 3 is 1.34 bits per heavy atom. The summed E-state index contributed by atoms with van der Waals surface area (Å²) in [5.41, 5.74) is 2.46. The quantitative estimate of drug-likeness (QED) is 0.109. The van der Waals surface area contributed by atoms with Crippen LogP contribution in [-0.4, -0.2) is 49.1 Å². The number of esters is 1. The van der Waals surface area contributed by atoms with Crippen molar-refractivity contribution in [1.29, 1.82) is 0 Å². The molecule has 8 nitrogen and oxygen atoms in total. The third-order valence-corrected chi connectivity index (χ3v) is 11.1. The van der Waals surface area contributed by atoms with Gasteiger partial charge in [-0.1, -0.05) is 86.5 Å². The van der Waals surface area contributed by atoms with Gasteiger partial charge in [-0.2, -0.15) is 0 Å². The molecule has 10 heteroatoms. The highest BCUT2D eigenvalue weighted by atomic mass is 19.1. The first-order valence-corrected chi connectivity index (χ1v) is 20.1. The molecule has 2 aliphatic rings. The van der Waals surface area contributed by atoms with Crippen molar-refractivity contribution in [2.75, 3.05) is 20.2 Å². The van der Waals surface area contributed by atoms with E-state index < -0.39 is 5.97 Å². The van der Waals surface area contributed by atoms with E-state index in [9.17, 15) is 33.1 Å². The van der Waals surface area contributed by atoms with Gasteiger partial charge in [0.05, 0.1) is 31.1 Å². The van der Waals surface area contributed by atoms with E-state index in [1.54, 1.807) is 84.9 Å². The van der Waals surface area contributed by atoms with Gasteiger partial charge in [0.15, 0.2) is 0 Å². The van der Waals surface area contributed by atoms with Crippen molar-refractivity contribution >= 4 is 23.8 Å². The molecule has 0 radical (unpaired) electrons. The van der Waals surface area contributed by atoms with Crippen LogP contribution in [0.15, 0.2) is 97.1 Å². The van der Waals surface area contributed by atoms with Crippen LogP contribution in [0.1, 0.15) is 120 Å². The maximum absolute atomic E-state index is 13.6. The highest BCUT2D eigenvalue weighted by Gasteiger charge is 2.36. The maximum Gasteiger partial charge on any atom is 0.306 e. The minimum Gasteiger partial charge on any atom is -0.481 e. The summed E-state index contributed by atoms with van der Waals surface area (Å²) in [7, 11) is 1.40. The number of carboxylic acid groups (broad SMARTS) is 1. The number of hydrogen-bond acceptors (Lipinski definition) is 5. The van der Waals surface area contributed by atoms with E-state index in [1.165, 1.54) is 19.2 Å². The number of hydrogen-bond donors (Lipinski definition) is 3. The number of methoxy groups -OCH3 is 1. The van der Waals surface area contributed by atoms with Crippen molar-refractivity contribution < 1.29 is 37.8 Å². The molecule has 0 bridgehead atoms. The number of benzene rings is 4. The van der Waals surface area contributed by atoms with Gasteiger partial charge in [-0.05, 0) is 109 Å². The summed E-state index contributed by atoms with van der Waals surface area (Å²) in [5.74, 6) is 9.21. The van der Waals surface area contributed by atoms with Crippen molar-refractivity contribution in [2.24, 2.45) is 10.8 Å². The molecule has 59 heavy (non-hydrogen) atoms. The molecule has 2 fully saturated rings. The molecule has 0 spiro atoms. The van der Waals surface area contributed by atoms with E-state index in [0.29, 0.717) is 52.9 Å². The largest absolute Gasteiger partial charge is 0.481 e. The second kappa shape index (κ2) is 21.5. The zero-order valence-electron chi connectivity index (χ0n) is 33.4. The predicted octanol–water partition coefficient (Wildman–Crippen LogP) is 8.85. The lowest BCUT2D eigenvalue weighted by molar-refractivity contribution is -0.144. The van der Waals surface area contributed by atoms with Crippen LogP contribution < -0.4 is 10.6 Å². The molecule has 0 heterocycles. The molecule has 0 aromatic heterocycles. The number of rotatable bonds is 10. The minimum absolute atomic E-state index is 0.0812. The van der Waals surface area contributed by atoms with E-state index in [0.717, 1.165) is 64.2 Å². The zero-order chi connectivity index (χ0) is 42.1. The van der Waals surface area contributed by atoms with E-state index in [1.807, 2.05) is 0 Å². The van der Waals surface area contributed by atoms with E-state index in [-0.39, 0.29) is 46.7 Å². The summed E-state index contributed by atoms with van der Waals surface area (Å²) in [4.78, 5) is 48.2. The predicted molar refractivity (Wildman–Crippen MR) is 222 cm³/mol. The smallest absolute Gasteiger partial charge is 0.306 e. The molecular formula is C49H50F2N2O6. The van der Waals surface area contributed by atoms with Gasteiger partial charge >= 0.3 is 11.9 Å². The first-order chi connectivity index (χ1) is 28.5. The second-order valence-corrected chi connectivity index (χ2v) is 15.4. The zero-order valence-corrected chi connectivity index (χ0v) is 33.4. The molecule has 4 aromatic carbocycles. The number of nitrogens with one attached hydrogen (secondary N) is 2. The molecular weight excluding hydrogens is 751 g/mol. The number of halogens is 2. The highest BCUT2D eigenvalue weighted by Crippen LogP contribution is 2.40. The Hall–Kier alpha value is -6.26. The number of ether oxygens (including phenoxy) is 1. The number of aliphatic carboxylic acids is 1. The first-order valence-electron chi connectivity index (χ1n) is 20.1. The monoisotopic (exact) mass is 800 g/mol. The number of carboxylic acids is 1. The van der Waals surface area contributed by atoms with Gasteiger partial charge in [0.2, 0.25) is 0 Å². The summed E-state index contributed by atoms with van der Waals surface area (Å²) >= 11 is 0. The van der Waals surface area contributed by atoms with Crippen molar-refractivity contribution in [3.8, 4) is 23.7 Å². The van der Waals surface area contributed by atoms with Gasteiger partial charge in [0.25, 0.3) is 11.8 Å². The summed E-state index contributed by atoms with van der Waals surface area (Å²) in [6, 6.07) is 26.3. The van der Waals surface area contributed by atoms with E-state index >= 15 is 0 Å². The van der Waals surface area contributed by atoms with Crippen LogP contribution in [0.2, 0.25) is 0 Å². The van der Waals surface area contributed by atoms with Gasteiger partial charge in [0, 0.05) is 35.3 Å². The Morgan fingerprint density at radius 2 is 0.966 bits per heavy atom. The average Bonchev–Trinajstić information content (AvgIpc) is 3.25. The topological polar surface area (TPSA) is 122 Å². The fraction of sp³-hybridized carbons (Fsp3) is 0.347. The van der Waals surface area contributed by atoms with Gasteiger partial charge in [-0.25, -0.2) is 8.78 Å². The molecule has 0 atom stereocenters. The number of carbonyl (C=O) groups is 4. The van der Waals surface area contributed by atoms with Crippen LogP contribution in [0.4, 0.5) is 8.78 Å². The molecule has 6 rings (SSSR count). The van der Waals surface area contributed by atoms with Gasteiger partial charge in [-0.15, -0.1) is 0 Å². The van der Waals surface area contributed by atoms with E-state index in [2.05, 4.69) is 34.3 Å². The molecule has 4 aromatic rings. The lowest BCUT2D eigenvalue weighted by atomic mass is 9.71. The first kappa shape index (κ1) is 43.9. The maximum atomic E-state index is 13.6. The normalized spacial score (nSPS) is 15.0. The van der Waals surface area contributed by atoms with Crippen LogP contribution in [0, 0.1) is 46.1 Å². The summed E-state index contributed by atoms with van der Waals surface area (Å²) in [6.45, 7) is 0.822. The molecule has 3 N–H and O–H groups in total. The highest BCUT2D eigenvalue weighted by molar-refractivity contribution is 5.95. The molecule has 0 unspecified atom stereocenters. The van der Waals surface area contributed by atoms with Crippen LogP contribution in [0.25, 0.3) is 0 Å². The van der Waals surface area contributed by atoms with E-state index in [4.69, 9.17) is 4.74 Å². The summed E-state index contributed by atoms with van der Waals surface area (Å²) < 4.78 is 32.1. The minimum atomic E-state index is -0.820. The van der Waals surface area contributed by atoms with Crippen molar-refractivity contribution in [1.82, 2.24) is 10.6 Å². The van der Waals surface area contributed by atoms with Crippen LogP contribution in [-0.2, 0) is 14.3 Å². The molecule has 2 aliphatic carbocycles. The fourth-order valence-corrected chi connectivity index (χ4v) is 7.69. The molecule has 2 saturated carbocycles. The Kier molecular flexibility index (Phi) is 16.0. The van der Waals surface area contributed by atoms with Gasteiger partial charge in [-0.3, -0.25) is 19.2 Å². The Bertz CT molecular complexity index is 2200. The standard InChI is InChI=1S/C25H26FNO3.C24H24FNO3/c1-30-23(28)17-25(15-5-2-6-16-25)18-27-24(29)21-13-10-19(11-14-21)9-12-20-7-3-4-8-22(20)26;25-21-7-3-2-6-19(21)11-8-18-9-12-20(13-10-18)23(29)26-17-24(16-22(27)28)14-4-1-5-15-24/h3-4,7-8,10-11,13-14H,2,5-6,15-18H2,1H3,(H,27,29);2-3,6-7,9-10,12-13H,1,4-5,14-17H2,(H,26,29)(H,27,28). The average molecular weight is 801 g/mol. The lowest BCUT2D eigenvalue weighted by Crippen LogP contribution is -2.40. The second-order valence-electron chi connectivity index (χ2n) is 15.4. The fourth-order valence-electron chi connectivity index (χ4n) is 7.69. The number of carbonyl (C=O) groups excluding carboxylic acids is 3. The molecule has 0 aliphatic heterocycles. The Balaban J connectivity index is 0.000000224. The van der Waals surface area contributed by atoms with Gasteiger partial charge < -0.3 is 20.5 Å². The Labute approximate surface area is 345 Å². The van der Waals surface area contributed by atoms with Gasteiger partial charge in [0.1, 0.15) is 11.6 Å². The molecule has 0 saturated heterocycles. The van der Waals surface area contributed by atoms with Crippen LogP contribution in [0.3, 0.4) is 0 Å². The van der Waals surface area contributed by atoms with Crippen molar-refractivity contribution in [3.63, 3.8) is 0 Å². The van der Waals surface area contributed by atoms with Crippen molar-refractivity contribution in [3.05, 3.63) is 142 Å². The molecule has 306 valence electrons. The van der Waals surface area contributed by atoms with Crippen molar-refractivity contribution in [2.45, 2.75) is 77.0 Å².